The highest BCUT2D eigenvalue weighted by Gasteiger charge is 2.11. The first kappa shape index (κ1) is 20.3. The lowest BCUT2D eigenvalue weighted by atomic mass is 10.2. The molecule has 0 fully saturated rings. The van der Waals surface area contributed by atoms with Gasteiger partial charge in [0.1, 0.15) is 11.6 Å². The molecule has 2 aromatic rings. The Hall–Kier alpha value is -1.05. The van der Waals surface area contributed by atoms with Gasteiger partial charge in [-0.15, -0.1) is 0 Å². The third-order valence-corrected chi connectivity index (χ3v) is 5.52. The van der Waals surface area contributed by atoms with Crippen LogP contribution >= 0.6 is 58.8 Å². The lowest BCUT2D eigenvalue weighted by molar-refractivity contribution is 0.474. The molecule has 132 valence electrons. The fourth-order valence-corrected chi connectivity index (χ4v) is 3.62. The van der Waals surface area contributed by atoms with E-state index in [1.165, 1.54) is 41.2 Å². The summed E-state index contributed by atoms with van der Waals surface area (Å²) in [5.74, 6) is -0.231. The van der Waals surface area contributed by atoms with Crippen molar-refractivity contribution in [2.45, 2.75) is 5.75 Å². The fourth-order valence-electron chi connectivity index (χ4n) is 1.78. The van der Waals surface area contributed by atoms with Crippen LogP contribution < -0.4 is 0 Å². The van der Waals surface area contributed by atoms with E-state index in [2.05, 4.69) is 5.10 Å². The van der Waals surface area contributed by atoms with Crippen LogP contribution in [0.1, 0.15) is 11.1 Å². The first-order valence-electron chi connectivity index (χ1n) is 6.85. The average Bonchev–Trinajstić information content (AvgIpc) is 2.55. The number of halogens is 4. The molecular formula is C16H12Cl3FN2OS2. The summed E-state index contributed by atoms with van der Waals surface area (Å²) in [6.07, 6.45) is 1.38. The predicted molar refractivity (Wildman–Crippen MR) is 109 cm³/mol. The summed E-state index contributed by atoms with van der Waals surface area (Å²) < 4.78 is 14.2. The Kier molecular flexibility index (Phi) is 7.34. The minimum atomic E-state index is -0.382. The standard InChI is InChI=1S/C16H12Cl3FN2OS2/c1-22(21-7-9-5-10(17)6-13(19)15(9)23)16(24)25-8-11-12(18)3-2-4-14(11)20/h2-7,23H,8H2,1H3. The van der Waals surface area contributed by atoms with Crippen LogP contribution in [-0.4, -0.2) is 27.7 Å². The molecule has 0 bridgehead atoms. The highest BCUT2D eigenvalue weighted by atomic mass is 35.5. The fraction of sp³-hybridized carbons (Fsp3) is 0.125. The second-order valence-corrected chi connectivity index (χ2v) is 7.71. The van der Waals surface area contributed by atoms with Gasteiger partial charge in [0.25, 0.3) is 0 Å². The van der Waals surface area contributed by atoms with E-state index < -0.39 is 0 Å². The van der Waals surface area contributed by atoms with Crippen molar-refractivity contribution in [2.24, 2.45) is 5.10 Å². The van der Waals surface area contributed by atoms with Crippen molar-refractivity contribution in [3.8, 4) is 5.75 Å². The Morgan fingerprint density at radius 3 is 2.72 bits per heavy atom. The zero-order valence-electron chi connectivity index (χ0n) is 12.8. The number of aromatic hydroxyl groups is 1. The molecule has 0 amide bonds. The quantitative estimate of drug-likeness (QED) is 0.363. The molecular weight excluding hydrogens is 426 g/mol. The molecule has 25 heavy (non-hydrogen) atoms. The van der Waals surface area contributed by atoms with E-state index in [1.807, 2.05) is 0 Å². The third-order valence-electron chi connectivity index (χ3n) is 3.09. The number of thioether (sulfide) groups is 1. The first-order valence-corrected chi connectivity index (χ1v) is 9.37. The zero-order valence-corrected chi connectivity index (χ0v) is 16.7. The van der Waals surface area contributed by atoms with Crippen molar-refractivity contribution in [1.82, 2.24) is 5.01 Å². The maximum atomic E-state index is 13.8. The molecule has 0 aliphatic carbocycles. The predicted octanol–water partition coefficient (Wildman–Crippen LogP) is 5.98. The summed E-state index contributed by atoms with van der Waals surface area (Å²) in [6, 6.07) is 7.46. The lowest BCUT2D eigenvalue weighted by Gasteiger charge is -2.14. The molecule has 0 spiro atoms. The summed E-state index contributed by atoms with van der Waals surface area (Å²) >= 11 is 24.2. The number of rotatable bonds is 4. The monoisotopic (exact) mass is 436 g/mol. The molecule has 1 N–H and O–H groups in total. The Balaban J connectivity index is 2.03. The van der Waals surface area contributed by atoms with Gasteiger partial charge < -0.3 is 5.11 Å². The number of hydrogen-bond acceptors (Lipinski definition) is 4. The van der Waals surface area contributed by atoms with Gasteiger partial charge in [-0.1, -0.05) is 64.8 Å². The zero-order chi connectivity index (χ0) is 18.6. The van der Waals surface area contributed by atoms with E-state index in [-0.39, 0.29) is 22.3 Å². The molecule has 0 heterocycles. The molecule has 2 rings (SSSR count). The van der Waals surface area contributed by atoms with Crippen molar-refractivity contribution in [3.05, 3.63) is 62.3 Å². The van der Waals surface area contributed by atoms with Crippen LogP contribution in [0.5, 0.6) is 5.75 Å². The van der Waals surface area contributed by atoms with Gasteiger partial charge >= 0.3 is 0 Å². The van der Waals surface area contributed by atoms with Crippen molar-refractivity contribution in [1.29, 1.82) is 0 Å². The van der Waals surface area contributed by atoms with Crippen LogP contribution in [-0.2, 0) is 5.75 Å². The van der Waals surface area contributed by atoms with E-state index in [4.69, 9.17) is 47.0 Å². The molecule has 0 aromatic heterocycles. The van der Waals surface area contributed by atoms with Crippen molar-refractivity contribution < 1.29 is 9.50 Å². The molecule has 0 atom stereocenters. The smallest absolute Gasteiger partial charge is 0.156 e. The van der Waals surface area contributed by atoms with Crippen molar-refractivity contribution >= 4 is 69.3 Å². The van der Waals surface area contributed by atoms with Gasteiger partial charge in [0.15, 0.2) is 4.32 Å². The SMILES string of the molecule is CN(N=Cc1cc(Cl)cc(Cl)c1O)C(=S)SCc1c(F)cccc1Cl. The van der Waals surface area contributed by atoms with Crippen LogP contribution in [0.15, 0.2) is 35.4 Å². The van der Waals surface area contributed by atoms with Crippen LogP contribution in [0.4, 0.5) is 4.39 Å². The Labute approximate surface area is 169 Å². The summed E-state index contributed by atoms with van der Waals surface area (Å²) in [5, 5.41) is 16.3. The Morgan fingerprint density at radius 2 is 2.04 bits per heavy atom. The average molecular weight is 438 g/mol. The number of hydrogen-bond donors (Lipinski definition) is 1. The molecule has 3 nitrogen and oxygen atoms in total. The van der Waals surface area contributed by atoms with Crippen LogP contribution in [0.3, 0.4) is 0 Å². The third kappa shape index (κ3) is 5.46. The van der Waals surface area contributed by atoms with E-state index in [0.29, 0.717) is 25.5 Å². The van der Waals surface area contributed by atoms with Gasteiger partial charge in [0.2, 0.25) is 0 Å². The molecule has 0 aliphatic rings. The van der Waals surface area contributed by atoms with Gasteiger partial charge in [-0.3, -0.25) is 5.01 Å². The minimum Gasteiger partial charge on any atom is -0.506 e. The van der Waals surface area contributed by atoms with Crippen molar-refractivity contribution in [2.75, 3.05) is 7.05 Å². The van der Waals surface area contributed by atoms with E-state index in [9.17, 15) is 9.50 Å². The van der Waals surface area contributed by atoms with E-state index in [0.717, 1.165) is 0 Å². The maximum absolute atomic E-state index is 13.8. The number of hydrazone groups is 1. The summed E-state index contributed by atoms with van der Waals surface area (Å²) in [7, 11) is 1.64. The number of thiocarbonyl (C=S) groups is 1. The molecule has 0 unspecified atom stereocenters. The molecule has 2 aromatic carbocycles. The van der Waals surface area contributed by atoms with E-state index in [1.54, 1.807) is 19.2 Å². The molecule has 0 aliphatic heterocycles. The number of benzene rings is 2. The number of phenolic OH excluding ortho intramolecular Hbond substituents is 1. The van der Waals surface area contributed by atoms with Gasteiger partial charge in [0, 0.05) is 34.0 Å². The minimum absolute atomic E-state index is 0.125. The number of nitrogens with zero attached hydrogens (tertiary/aromatic N) is 2. The van der Waals surface area contributed by atoms with Crippen LogP contribution in [0.25, 0.3) is 0 Å². The van der Waals surface area contributed by atoms with Crippen LogP contribution in [0.2, 0.25) is 15.1 Å². The van der Waals surface area contributed by atoms with Crippen molar-refractivity contribution in [3.63, 3.8) is 0 Å². The second-order valence-electron chi connectivity index (χ2n) is 4.85. The lowest BCUT2D eigenvalue weighted by Crippen LogP contribution is -2.16. The second kappa shape index (κ2) is 9.05. The van der Waals surface area contributed by atoms with Gasteiger partial charge in [-0.25, -0.2) is 4.39 Å². The summed E-state index contributed by atoms with van der Waals surface area (Å²) in [4.78, 5) is 0. The highest BCUT2D eigenvalue weighted by Crippen LogP contribution is 2.30. The normalized spacial score (nSPS) is 11.1. The molecule has 9 heteroatoms. The largest absolute Gasteiger partial charge is 0.506 e. The topological polar surface area (TPSA) is 35.8 Å². The Bertz CT molecular complexity index is 813. The molecule has 0 radical (unpaired) electrons. The molecule has 0 saturated carbocycles. The number of phenols is 1. The Morgan fingerprint density at radius 1 is 1.32 bits per heavy atom. The van der Waals surface area contributed by atoms with Gasteiger partial charge in [-0.2, -0.15) is 5.10 Å². The summed E-state index contributed by atoms with van der Waals surface area (Å²) in [6.45, 7) is 0. The highest BCUT2D eigenvalue weighted by molar-refractivity contribution is 8.22. The van der Waals surface area contributed by atoms with Gasteiger partial charge in [0.05, 0.1) is 11.2 Å². The summed E-state index contributed by atoms with van der Waals surface area (Å²) in [5.41, 5.74) is 0.738. The van der Waals surface area contributed by atoms with E-state index >= 15 is 0 Å². The maximum Gasteiger partial charge on any atom is 0.156 e. The first-order chi connectivity index (χ1) is 11.8. The van der Waals surface area contributed by atoms with Gasteiger partial charge in [-0.05, 0) is 24.3 Å². The van der Waals surface area contributed by atoms with Crippen LogP contribution in [0, 0.1) is 5.82 Å². The molecule has 0 saturated heterocycles.